The summed E-state index contributed by atoms with van der Waals surface area (Å²) in [6.45, 7) is 2.73. The number of hydrogen-bond acceptors (Lipinski definition) is 3. The summed E-state index contributed by atoms with van der Waals surface area (Å²) in [5.74, 6) is 0.896. The molecule has 0 bridgehead atoms. The lowest BCUT2D eigenvalue weighted by Crippen LogP contribution is -2.36. The Kier molecular flexibility index (Phi) is 5.03. The number of methoxy groups -OCH3 is 1. The topological polar surface area (TPSA) is 21.7 Å². The highest BCUT2D eigenvalue weighted by molar-refractivity contribution is 9.10. The van der Waals surface area contributed by atoms with Gasteiger partial charge in [0.15, 0.2) is 0 Å². The second kappa shape index (κ2) is 6.55. The van der Waals surface area contributed by atoms with Crippen molar-refractivity contribution < 1.29 is 9.47 Å². The molecule has 3 nitrogen and oxygen atoms in total. The Labute approximate surface area is 117 Å². The van der Waals surface area contributed by atoms with E-state index in [0.717, 1.165) is 42.8 Å². The van der Waals surface area contributed by atoms with Gasteiger partial charge in [0.05, 0.1) is 11.6 Å². The van der Waals surface area contributed by atoms with Gasteiger partial charge in [-0.15, -0.1) is 0 Å². The van der Waals surface area contributed by atoms with Crippen LogP contribution in [-0.4, -0.2) is 38.3 Å². The predicted molar refractivity (Wildman–Crippen MR) is 76.0 cm³/mol. The lowest BCUT2D eigenvalue weighted by atomic mass is 10.1. The Hall–Kier alpha value is -0.580. The minimum Gasteiger partial charge on any atom is -0.496 e. The summed E-state index contributed by atoms with van der Waals surface area (Å²) >= 11 is 3.48. The van der Waals surface area contributed by atoms with E-state index in [1.807, 2.05) is 6.07 Å². The molecular weight excluding hydrogens is 294 g/mol. The van der Waals surface area contributed by atoms with Crippen LogP contribution >= 0.6 is 15.9 Å². The molecule has 0 spiro atoms. The summed E-state index contributed by atoms with van der Waals surface area (Å²) in [4.78, 5) is 2.41. The number of rotatable bonds is 4. The third-order valence-corrected chi connectivity index (χ3v) is 4.12. The van der Waals surface area contributed by atoms with Crippen LogP contribution in [0.3, 0.4) is 0 Å². The van der Waals surface area contributed by atoms with Crippen molar-refractivity contribution in [3.8, 4) is 5.75 Å². The molecule has 100 valence electrons. The molecule has 1 saturated heterocycles. The fourth-order valence-corrected chi connectivity index (χ4v) is 2.75. The number of benzene rings is 1. The fourth-order valence-electron chi connectivity index (χ4n) is 2.35. The second-order valence-electron chi connectivity index (χ2n) is 4.73. The van der Waals surface area contributed by atoms with Crippen molar-refractivity contribution >= 4 is 15.9 Å². The molecule has 0 N–H and O–H groups in total. The lowest BCUT2D eigenvalue weighted by molar-refractivity contribution is 0.0407. The molecule has 0 unspecified atom stereocenters. The maximum Gasteiger partial charge on any atom is 0.133 e. The molecule has 0 radical (unpaired) electrons. The number of ether oxygens (including phenoxy) is 2. The molecule has 0 aromatic heterocycles. The van der Waals surface area contributed by atoms with Crippen molar-refractivity contribution in [1.82, 2.24) is 4.90 Å². The van der Waals surface area contributed by atoms with E-state index in [1.165, 1.54) is 5.56 Å². The minimum absolute atomic E-state index is 0.633. The summed E-state index contributed by atoms with van der Waals surface area (Å²) in [6.07, 6.45) is 2.26. The van der Waals surface area contributed by atoms with E-state index >= 15 is 0 Å². The van der Waals surface area contributed by atoms with E-state index < -0.39 is 0 Å². The van der Waals surface area contributed by atoms with E-state index in [9.17, 15) is 0 Å². The summed E-state index contributed by atoms with van der Waals surface area (Å²) in [6, 6.07) is 6.92. The quantitative estimate of drug-likeness (QED) is 0.852. The Bertz CT molecular complexity index is 391. The van der Waals surface area contributed by atoms with Gasteiger partial charge in [-0.05, 0) is 53.5 Å². The maximum absolute atomic E-state index is 5.40. The molecule has 2 rings (SSSR count). The number of nitrogens with zero attached hydrogens (tertiary/aromatic N) is 1. The van der Waals surface area contributed by atoms with Gasteiger partial charge < -0.3 is 9.47 Å². The van der Waals surface area contributed by atoms with Crippen LogP contribution in [0.4, 0.5) is 0 Å². The predicted octanol–water partition coefficient (Wildman–Crippen LogP) is 3.07. The summed E-state index contributed by atoms with van der Waals surface area (Å²) in [5, 5.41) is 0. The summed E-state index contributed by atoms with van der Waals surface area (Å²) in [7, 11) is 3.89. The van der Waals surface area contributed by atoms with E-state index in [4.69, 9.17) is 9.47 Å². The molecule has 0 amide bonds. The molecule has 1 fully saturated rings. The zero-order valence-electron chi connectivity index (χ0n) is 11.0. The van der Waals surface area contributed by atoms with Crippen molar-refractivity contribution in [2.75, 3.05) is 27.4 Å². The lowest BCUT2D eigenvalue weighted by Gasteiger charge is -2.31. The van der Waals surface area contributed by atoms with Gasteiger partial charge >= 0.3 is 0 Å². The highest BCUT2D eigenvalue weighted by Crippen LogP contribution is 2.26. The summed E-state index contributed by atoms with van der Waals surface area (Å²) < 4.78 is 11.7. The normalized spacial score (nSPS) is 17.1. The molecule has 1 aromatic rings. The van der Waals surface area contributed by atoms with Crippen LogP contribution in [0.1, 0.15) is 18.4 Å². The number of hydrogen-bond donors (Lipinski definition) is 0. The van der Waals surface area contributed by atoms with E-state index in [2.05, 4.69) is 40.0 Å². The largest absolute Gasteiger partial charge is 0.496 e. The highest BCUT2D eigenvalue weighted by atomic mass is 79.9. The Morgan fingerprint density at radius 1 is 1.39 bits per heavy atom. The zero-order chi connectivity index (χ0) is 13.0. The standard InChI is InChI=1S/C14H20BrNO2/c1-16(12-5-7-18-8-6-12)10-11-3-4-13(15)14(9-11)17-2/h3-4,9,12H,5-8,10H2,1-2H3. The molecule has 1 aromatic carbocycles. The second-order valence-corrected chi connectivity index (χ2v) is 5.58. The third-order valence-electron chi connectivity index (χ3n) is 3.46. The molecule has 0 atom stereocenters. The van der Waals surface area contributed by atoms with Crippen molar-refractivity contribution in [1.29, 1.82) is 0 Å². The Morgan fingerprint density at radius 3 is 2.78 bits per heavy atom. The van der Waals surface area contributed by atoms with E-state index in [-0.39, 0.29) is 0 Å². The number of halogens is 1. The minimum atomic E-state index is 0.633. The van der Waals surface area contributed by atoms with Gasteiger partial charge in [-0.1, -0.05) is 6.07 Å². The van der Waals surface area contributed by atoms with Crippen molar-refractivity contribution in [2.24, 2.45) is 0 Å². The molecule has 1 heterocycles. The first-order valence-corrected chi connectivity index (χ1v) is 7.10. The van der Waals surface area contributed by atoms with Crippen molar-refractivity contribution in [3.63, 3.8) is 0 Å². The Morgan fingerprint density at radius 2 is 2.11 bits per heavy atom. The van der Waals surface area contributed by atoms with Gasteiger partial charge in [0.2, 0.25) is 0 Å². The van der Waals surface area contributed by atoms with Gasteiger partial charge in [0, 0.05) is 25.8 Å². The van der Waals surface area contributed by atoms with Crippen LogP contribution in [0.5, 0.6) is 5.75 Å². The molecule has 18 heavy (non-hydrogen) atoms. The van der Waals surface area contributed by atoms with Crippen molar-refractivity contribution in [3.05, 3.63) is 28.2 Å². The van der Waals surface area contributed by atoms with Crippen LogP contribution in [0, 0.1) is 0 Å². The molecule has 4 heteroatoms. The first-order chi connectivity index (χ1) is 8.70. The van der Waals surface area contributed by atoms with Crippen LogP contribution in [0.15, 0.2) is 22.7 Å². The molecule has 1 aliphatic heterocycles. The van der Waals surface area contributed by atoms with Gasteiger partial charge in [-0.2, -0.15) is 0 Å². The highest BCUT2D eigenvalue weighted by Gasteiger charge is 2.18. The van der Waals surface area contributed by atoms with Gasteiger partial charge in [-0.25, -0.2) is 0 Å². The van der Waals surface area contributed by atoms with E-state index in [0.29, 0.717) is 6.04 Å². The smallest absolute Gasteiger partial charge is 0.133 e. The van der Waals surface area contributed by atoms with Gasteiger partial charge in [0.25, 0.3) is 0 Å². The third kappa shape index (κ3) is 3.46. The van der Waals surface area contributed by atoms with Crippen molar-refractivity contribution in [2.45, 2.75) is 25.4 Å². The van der Waals surface area contributed by atoms with Gasteiger partial charge in [0.1, 0.15) is 5.75 Å². The Balaban J connectivity index is 1.99. The summed E-state index contributed by atoms with van der Waals surface area (Å²) in [5.41, 5.74) is 1.28. The van der Waals surface area contributed by atoms with Crippen LogP contribution in [-0.2, 0) is 11.3 Å². The molecule has 0 aliphatic carbocycles. The first-order valence-electron chi connectivity index (χ1n) is 6.31. The average molecular weight is 314 g/mol. The first kappa shape index (κ1) is 13.8. The van der Waals surface area contributed by atoms with Crippen LogP contribution in [0.25, 0.3) is 0 Å². The molecule has 1 aliphatic rings. The SMILES string of the molecule is COc1cc(CN(C)C2CCOCC2)ccc1Br. The zero-order valence-corrected chi connectivity index (χ0v) is 12.6. The average Bonchev–Trinajstić information content (AvgIpc) is 2.42. The fraction of sp³-hybridized carbons (Fsp3) is 0.571. The van der Waals surface area contributed by atoms with Crippen LogP contribution < -0.4 is 4.74 Å². The van der Waals surface area contributed by atoms with Gasteiger partial charge in [-0.3, -0.25) is 4.90 Å². The molecule has 0 saturated carbocycles. The molecular formula is C14H20BrNO2. The van der Waals surface area contributed by atoms with Crippen LogP contribution in [0.2, 0.25) is 0 Å². The monoisotopic (exact) mass is 313 g/mol. The van der Waals surface area contributed by atoms with E-state index in [1.54, 1.807) is 7.11 Å². The maximum atomic E-state index is 5.40.